The summed E-state index contributed by atoms with van der Waals surface area (Å²) in [5, 5.41) is 6.05. The van der Waals surface area contributed by atoms with Gasteiger partial charge in [-0.15, -0.1) is 11.3 Å². The van der Waals surface area contributed by atoms with E-state index in [1.165, 1.54) is 11.3 Å². The highest BCUT2D eigenvalue weighted by atomic mass is 32.1. The number of likely N-dealkylation sites (tertiary alicyclic amines) is 1. The third kappa shape index (κ3) is 3.94. The van der Waals surface area contributed by atoms with Gasteiger partial charge in [-0.05, 0) is 42.3 Å². The van der Waals surface area contributed by atoms with Crippen LogP contribution in [-0.2, 0) is 18.0 Å². The van der Waals surface area contributed by atoms with E-state index in [-0.39, 0.29) is 18.6 Å². The first-order chi connectivity index (χ1) is 13.2. The van der Waals surface area contributed by atoms with Crippen molar-refractivity contribution in [2.24, 2.45) is 0 Å². The Morgan fingerprint density at radius 1 is 1.30 bits per heavy atom. The minimum Gasteiger partial charge on any atom is -0.367 e. The van der Waals surface area contributed by atoms with Crippen LogP contribution in [0.2, 0.25) is 0 Å². The van der Waals surface area contributed by atoms with Crippen LogP contribution in [0.1, 0.15) is 51.4 Å². The fourth-order valence-corrected chi connectivity index (χ4v) is 4.17. The summed E-state index contributed by atoms with van der Waals surface area (Å²) in [6, 6.07) is 11.8. The zero-order chi connectivity index (χ0) is 18.6. The van der Waals surface area contributed by atoms with Crippen LogP contribution in [0.25, 0.3) is 0 Å². The largest absolute Gasteiger partial charge is 0.367 e. The van der Waals surface area contributed by atoms with Crippen molar-refractivity contribution in [3.63, 3.8) is 0 Å². The molecule has 0 N–H and O–H groups in total. The van der Waals surface area contributed by atoms with Crippen LogP contribution >= 0.6 is 11.3 Å². The summed E-state index contributed by atoms with van der Waals surface area (Å²) in [4.78, 5) is 20.0. The SMILES string of the molecule is Cc1ccsc1C(=O)N1CCCC1c1noc(COCc2ccccc2)n1. The topological polar surface area (TPSA) is 68.5 Å². The lowest BCUT2D eigenvalue weighted by Crippen LogP contribution is -2.31. The third-order valence-electron chi connectivity index (χ3n) is 4.69. The molecule has 7 heteroatoms. The van der Waals surface area contributed by atoms with E-state index in [9.17, 15) is 4.79 Å². The molecule has 1 saturated heterocycles. The predicted molar refractivity (Wildman–Crippen MR) is 101 cm³/mol. The minimum atomic E-state index is -0.134. The fraction of sp³-hybridized carbons (Fsp3) is 0.350. The molecule has 0 radical (unpaired) electrons. The van der Waals surface area contributed by atoms with Crippen LogP contribution < -0.4 is 0 Å². The molecule has 0 bridgehead atoms. The van der Waals surface area contributed by atoms with Gasteiger partial charge in [0, 0.05) is 6.54 Å². The van der Waals surface area contributed by atoms with Crippen molar-refractivity contribution >= 4 is 17.2 Å². The monoisotopic (exact) mass is 383 g/mol. The molecular weight excluding hydrogens is 362 g/mol. The Morgan fingerprint density at radius 2 is 2.15 bits per heavy atom. The Kier molecular flexibility index (Phi) is 5.31. The van der Waals surface area contributed by atoms with Crippen LogP contribution in [0.3, 0.4) is 0 Å². The number of rotatable bonds is 6. The Balaban J connectivity index is 1.39. The summed E-state index contributed by atoms with van der Waals surface area (Å²) in [5.41, 5.74) is 2.11. The van der Waals surface area contributed by atoms with Gasteiger partial charge in [-0.2, -0.15) is 4.98 Å². The zero-order valence-corrected chi connectivity index (χ0v) is 15.9. The molecule has 1 unspecified atom stereocenters. The summed E-state index contributed by atoms with van der Waals surface area (Å²) in [6.45, 7) is 3.43. The maximum atomic E-state index is 12.9. The van der Waals surface area contributed by atoms with Crippen molar-refractivity contribution < 1.29 is 14.1 Å². The van der Waals surface area contributed by atoms with Crippen LogP contribution in [0.5, 0.6) is 0 Å². The first kappa shape index (κ1) is 17.9. The van der Waals surface area contributed by atoms with Gasteiger partial charge in [-0.1, -0.05) is 35.5 Å². The van der Waals surface area contributed by atoms with Gasteiger partial charge in [0.05, 0.1) is 17.5 Å². The highest BCUT2D eigenvalue weighted by Crippen LogP contribution is 2.33. The number of thiophene rings is 1. The van der Waals surface area contributed by atoms with E-state index < -0.39 is 0 Å². The summed E-state index contributed by atoms with van der Waals surface area (Å²) in [5.74, 6) is 1.05. The van der Waals surface area contributed by atoms with Gasteiger partial charge < -0.3 is 14.2 Å². The lowest BCUT2D eigenvalue weighted by Gasteiger charge is -2.21. The second-order valence-corrected chi connectivity index (χ2v) is 7.53. The lowest BCUT2D eigenvalue weighted by molar-refractivity contribution is 0.0732. The molecule has 3 aromatic rings. The second kappa shape index (κ2) is 8.02. The van der Waals surface area contributed by atoms with Gasteiger partial charge in [0.15, 0.2) is 5.82 Å². The van der Waals surface area contributed by atoms with Crippen LogP contribution in [0.4, 0.5) is 0 Å². The quantitative estimate of drug-likeness (QED) is 0.640. The Morgan fingerprint density at radius 3 is 2.93 bits per heavy atom. The number of hydrogen-bond acceptors (Lipinski definition) is 6. The normalized spacial score (nSPS) is 16.8. The smallest absolute Gasteiger partial charge is 0.264 e. The number of hydrogen-bond donors (Lipinski definition) is 0. The molecule has 0 saturated carbocycles. The molecule has 0 aliphatic carbocycles. The van der Waals surface area contributed by atoms with E-state index in [1.54, 1.807) is 0 Å². The van der Waals surface area contributed by atoms with E-state index in [4.69, 9.17) is 9.26 Å². The van der Waals surface area contributed by atoms with Crippen molar-refractivity contribution in [2.75, 3.05) is 6.54 Å². The maximum Gasteiger partial charge on any atom is 0.264 e. The molecule has 3 heterocycles. The molecule has 2 aromatic heterocycles. The molecule has 6 nitrogen and oxygen atoms in total. The van der Waals surface area contributed by atoms with E-state index in [0.29, 0.717) is 18.3 Å². The molecule has 1 aliphatic rings. The third-order valence-corrected chi connectivity index (χ3v) is 5.69. The maximum absolute atomic E-state index is 12.9. The number of carbonyl (C=O) groups is 1. The minimum absolute atomic E-state index is 0.0525. The first-order valence-corrected chi connectivity index (χ1v) is 9.89. The van der Waals surface area contributed by atoms with Gasteiger partial charge in [0.1, 0.15) is 6.61 Å². The molecule has 1 fully saturated rings. The van der Waals surface area contributed by atoms with Crippen LogP contribution in [-0.4, -0.2) is 27.5 Å². The zero-order valence-electron chi connectivity index (χ0n) is 15.1. The number of aromatic nitrogens is 2. The number of carbonyl (C=O) groups excluding carboxylic acids is 1. The standard InChI is InChI=1S/C20H21N3O3S/c1-14-9-11-27-18(14)20(24)23-10-5-8-16(23)19-21-17(26-22-19)13-25-12-15-6-3-2-4-7-15/h2-4,6-7,9,11,16H,5,8,10,12-13H2,1H3. The van der Waals surface area contributed by atoms with E-state index in [1.807, 2.05) is 53.6 Å². The molecule has 0 spiro atoms. The predicted octanol–water partition coefficient (Wildman–Crippen LogP) is 4.13. The highest BCUT2D eigenvalue weighted by Gasteiger charge is 2.34. The summed E-state index contributed by atoms with van der Waals surface area (Å²) in [7, 11) is 0. The van der Waals surface area contributed by atoms with E-state index in [0.717, 1.165) is 35.4 Å². The summed E-state index contributed by atoms with van der Waals surface area (Å²) < 4.78 is 11.0. The number of ether oxygens (including phenoxy) is 1. The number of benzene rings is 1. The van der Waals surface area contributed by atoms with Crippen molar-refractivity contribution in [2.45, 2.75) is 39.0 Å². The number of nitrogens with zero attached hydrogens (tertiary/aromatic N) is 3. The van der Waals surface area contributed by atoms with E-state index >= 15 is 0 Å². The average Bonchev–Trinajstić information content (AvgIpc) is 3.42. The fourth-order valence-electron chi connectivity index (χ4n) is 3.29. The lowest BCUT2D eigenvalue weighted by atomic mass is 10.2. The second-order valence-electron chi connectivity index (χ2n) is 6.61. The summed E-state index contributed by atoms with van der Waals surface area (Å²) in [6.07, 6.45) is 1.79. The number of amides is 1. The average molecular weight is 383 g/mol. The Labute approximate surface area is 161 Å². The Bertz CT molecular complexity index is 906. The molecular formula is C20H21N3O3S. The molecule has 1 aromatic carbocycles. The van der Waals surface area contributed by atoms with Crippen molar-refractivity contribution in [1.82, 2.24) is 15.0 Å². The first-order valence-electron chi connectivity index (χ1n) is 9.01. The highest BCUT2D eigenvalue weighted by molar-refractivity contribution is 7.12. The van der Waals surface area contributed by atoms with Crippen LogP contribution in [0, 0.1) is 6.92 Å². The molecule has 1 aliphatic heterocycles. The van der Waals surface area contributed by atoms with Crippen LogP contribution in [0.15, 0.2) is 46.3 Å². The van der Waals surface area contributed by atoms with Crippen molar-refractivity contribution in [3.05, 3.63) is 69.5 Å². The molecule has 1 atom stereocenters. The van der Waals surface area contributed by atoms with Gasteiger partial charge in [0.2, 0.25) is 0 Å². The molecule has 4 rings (SSSR count). The molecule has 27 heavy (non-hydrogen) atoms. The van der Waals surface area contributed by atoms with Crippen molar-refractivity contribution in [1.29, 1.82) is 0 Å². The van der Waals surface area contributed by atoms with Gasteiger partial charge in [0.25, 0.3) is 11.8 Å². The Hall–Kier alpha value is -2.51. The van der Waals surface area contributed by atoms with E-state index in [2.05, 4.69) is 10.1 Å². The number of aryl methyl sites for hydroxylation is 1. The van der Waals surface area contributed by atoms with Gasteiger partial charge >= 0.3 is 0 Å². The van der Waals surface area contributed by atoms with Gasteiger partial charge in [-0.25, -0.2) is 0 Å². The summed E-state index contributed by atoms with van der Waals surface area (Å²) >= 11 is 1.48. The molecule has 1 amide bonds. The van der Waals surface area contributed by atoms with Crippen molar-refractivity contribution in [3.8, 4) is 0 Å². The van der Waals surface area contributed by atoms with Gasteiger partial charge in [-0.3, -0.25) is 4.79 Å². The molecule has 140 valence electrons.